The molecule has 1 aliphatic heterocycles. The normalized spacial score (nSPS) is 15.9. The highest BCUT2D eigenvalue weighted by molar-refractivity contribution is 5.55. The summed E-state index contributed by atoms with van der Waals surface area (Å²) < 4.78 is 43.3. The van der Waals surface area contributed by atoms with Gasteiger partial charge in [0.15, 0.2) is 0 Å². The van der Waals surface area contributed by atoms with E-state index in [4.69, 9.17) is 4.74 Å². The van der Waals surface area contributed by atoms with Crippen molar-refractivity contribution in [2.45, 2.75) is 6.18 Å². The minimum atomic E-state index is -4.41. The Labute approximate surface area is 123 Å². The number of halogens is 3. The lowest BCUT2D eigenvalue weighted by atomic mass is 10.1. The molecule has 0 radical (unpaired) electrons. The predicted molar refractivity (Wildman–Crippen MR) is 71.1 cm³/mol. The van der Waals surface area contributed by atoms with Gasteiger partial charge in [-0.1, -0.05) is 12.1 Å². The summed E-state index contributed by atoms with van der Waals surface area (Å²) in [6, 6.07) is 4.76. The van der Waals surface area contributed by atoms with E-state index in [0.29, 0.717) is 32.3 Å². The largest absolute Gasteiger partial charge is 0.416 e. The molecular formula is C13H12F3N5O. The van der Waals surface area contributed by atoms with Crippen molar-refractivity contribution in [1.82, 2.24) is 20.4 Å². The van der Waals surface area contributed by atoms with E-state index in [2.05, 4.69) is 20.4 Å². The van der Waals surface area contributed by atoms with Gasteiger partial charge in [-0.25, -0.2) is 0 Å². The molecule has 116 valence electrons. The van der Waals surface area contributed by atoms with Crippen LogP contribution in [0, 0.1) is 0 Å². The van der Waals surface area contributed by atoms with Gasteiger partial charge in [0.05, 0.1) is 18.8 Å². The standard InChI is InChI=1S/C13H12F3N5O/c14-13(15,16)10-3-1-2-9(8-10)11-17-19-12(20-18-11)21-4-6-22-7-5-21/h1-3,8H,4-7H2. The van der Waals surface area contributed by atoms with E-state index < -0.39 is 11.7 Å². The average molecular weight is 311 g/mol. The van der Waals surface area contributed by atoms with Crippen molar-refractivity contribution >= 4 is 5.95 Å². The zero-order valence-corrected chi connectivity index (χ0v) is 11.4. The van der Waals surface area contributed by atoms with Crippen molar-refractivity contribution in [3.63, 3.8) is 0 Å². The molecule has 0 spiro atoms. The summed E-state index contributed by atoms with van der Waals surface area (Å²) in [5.41, 5.74) is -0.533. The van der Waals surface area contributed by atoms with Crippen molar-refractivity contribution in [2.75, 3.05) is 31.2 Å². The number of ether oxygens (including phenoxy) is 1. The van der Waals surface area contributed by atoms with E-state index in [-0.39, 0.29) is 11.4 Å². The van der Waals surface area contributed by atoms with Crippen molar-refractivity contribution in [1.29, 1.82) is 0 Å². The lowest BCUT2D eigenvalue weighted by Gasteiger charge is -2.25. The van der Waals surface area contributed by atoms with Crippen molar-refractivity contribution in [3.8, 4) is 11.4 Å². The highest BCUT2D eigenvalue weighted by Gasteiger charge is 2.30. The summed E-state index contributed by atoms with van der Waals surface area (Å²) >= 11 is 0. The molecule has 3 rings (SSSR count). The molecule has 0 amide bonds. The van der Waals surface area contributed by atoms with E-state index in [1.807, 2.05) is 4.90 Å². The van der Waals surface area contributed by atoms with Crippen LogP contribution in [0.15, 0.2) is 24.3 Å². The fraction of sp³-hybridized carbons (Fsp3) is 0.385. The second-order valence-electron chi connectivity index (χ2n) is 4.70. The number of anilines is 1. The Kier molecular flexibility index (Phi) is 3.88. The summed E-state index contributed by atoms with van der Waals surface area (Å²) in [4.78, 5) is 1.86. The second-order valence-corrected chi connectivity index (χ2v) is 4.70. The van der Waals surface area contributed by atoms with Crippen LogP contribution < -0.4 is 4.90 Å². The van der Waals surface area contributed by atoms with Gasteiger partial charge in [0.25, 0.3) is 5.95 Å². The van der Waals surface area contributed by atoms with Crippen molar-refractivity contribution in [3.05, 3.63) is 29.8 Å². The number of aromatic nitrogens is 4. The number of alkyl halides is 3. The molecule has 9 heteroatoms. The van der Waals surface area contributed by atoms with Gasteiger partial charge in [-0.2, -0.15) is 13.2 Å². The highest BCUT2D eigenvalue weighted by Crippen LogP contribution is 2.31. The van der Waals surface area contributed by atoms with Gasteiger partial charge in [-0.15, -0.1) is 20.4 Å². The third-order valence-electron chi connectivity index (χ3n) is 3.21. The summed E-state index contributed by atoms with van der Waals surface area (Å²) in [5.74, 6) is 0.405. The predicted octanol–water partition coefficient (Wildman–Crippen LogP) is 1.79. The number of nitrogens with zero attached hydrogens (tertiary/aromatic N) is 5. The van der Waals surface area contributed by atoms with Gasteiger partial charge in [0.1, 0.15) is 0 Å². The summed E-state index contributed by atoms with van der Waals surface area (Å²) in [6.45, 7) is 2.40. The van der Waals surface area contributed by atoms with Gasteiger partial charge in [-0.05, 0) is 12.1 Å². The maximum atomic E-state index is 12.7. The molecule has 1 aromatic carbocycles. The molecule has 1 fully saturated rings. The van der Waals surface area contributed by atoms with E-state index in [0.717, 1.165) is 12.1 Å². The van der Waals surface area contributed by atoms with Crippen LogP contribution >= 0.6 is 0 Å². The molecule has 0 atom stereocenters. The van der Waals surface area contributed by atoms with Crippen LogP contribution in [0.25, 0.3) is 11.4 Å². The zero-order valence-electron chi connectivity index (χ0n) is 11.4. The maximum absolute atomic E-state index is 12.7. The van der Waals surface area contributed by atoms with Crippen LogP contribution in [-0.4, -0.2) is 46.7 Å². The summed E-state index contributed by atoms with van der Waals surface area (Å²) in [5, 5.41) is 15.6. The minimum absolute atomic E-state index is 0.0584. The highest BCUT2D eigenvalue weighted by atomic mass is 19.4. The molecule has 1 aliphatic rings. The molecule has 0 saturated carbocycles. The first-order valence-electron chi connectivity index (χ1n) is 6.62. The molecule has 0 aliphatic carbocycles. The summed E-state index contributed by atoms with van der Waals surface area (Å²) in [7, 11) is 0. The third-order valence-corrected chi connectivity index (χ3v) is 3.21. The Morgan fingerprint density at radius 3 is 2.32 bits per heavy atom. The minimum Gasteiger partial charge on any atom is -0.378 e. The lowest BCUT2D eigenvalue weighted by molar-refractivity contribution is -0.137. The first-order valence-corrected chi connectivity index (χ1v) is 6.62. The number of benzene rings is 1. The molecule has 0 bridgehead atoms. The first-order chi connectivity index (χ1) is 10.5. The number of hydrogen-bond acceptors (Lipinski definition) is 6. The van der Waals surface area contributed by atoms with Gasteiger partial charge in [-0.3, -0.25) is 0 Å². The van der Waals surface area contributed by atoms with Crippen molar-refractivity contribution in [2.24, 2.45) is 0 Å². The molecule has 1 saturated heterocycles. The molecule has 2 aromatic rings. The monoisotopic (exact) mass is 311 g/mol. The quantitative estimate of drug-likeness (QED) is 0.842. The number of rotatable bonds is 2. The zero-order chi connectivity index (χ0) is 15.6. The van der Waals surface area contributed by atoms with Crippen molar-refractivity contribution < 1.29 is 17.9 Å². The van der Waals surface area contributed by atoms with Crippen LogP contribution in [0.4, 0.5) is 19.1 Å². The van der Waals surface area contributed by atoms with E-state index in [1.165, 1.54) is 12.1 Å². The van der Waals surface area contributed by atoms with Gasteiger partial charge in [0.2, 0.25) is 5.82 Å². The van der Waals surface area contributed by atoms with E-state index in [9.17, 15) is 13.2 Å². The number of hydrogen-bond donors (Lipinski definition) is 0. The lowest BCUT2D eigenvalue weighted by Crippen LogP contribution is -2.37. The van der Waals surface area contributed by atoms with Gasteiger partial charge in [0, 0.05) is 18.7 Å². The summed E-state index contributed by atoms with van der Waals surface area (Å²) in [6.07, 6.45) is -4.41. The Morgan fingerprint density at radius 1 is 1.00 bits per heavy atom. The fourth-order valence-corrected chi connectivity index (χ4v) is 2.06. The molecule has 22 heavy (non-hydrogen) atoms. The molecule has 6 nitrogen and oxygen atoms in total. The van der Waals surface area contributed by atoms with Crippen LogP contribution in [0.5, 0.6) is 0 Å². The smallest absolute Gasteiger partial charge is 0.378 e. The fourth-order valence-electron chi connectivity index (χ4n) is 2.06. The molecule has 0 N–H and O–H groups in total. The SMILES string of the molecule is FC(F)(F)c1cccc(-c2nnc(N3CCOCC3)nn2)c1. The number of morpholine rings is 1. The van der Waals surface area contributed by atoms with E-state index >= 15 is 0 Å². The van der Waals surface area contributed by atoms with Gasteiger partial charge >= 0.3 is 6.18 Å². The first kappa shape index (κ1) is 14.6. The Balaban J connectivity index is 1.83. The van der Waals surface area contributed by atoms with Crippen LogP contribution in [0.1, 0.15) is 5.56 Å². The Morgan fingerprint density at radius 2 is 1.68 bits per heavy atom. The molecular weight excluding hydrogens is 299 g/mol. The third kappa shape index (κ3) is 3.14. The average Bonchev–Trinajstić information content (AvgIpc) is 2.55. The molecule has 0 unspecified atom stereocenters. The van der Waals surface area contributed by atoms with Crippen LogP contribution in [0.3, 0.4) is 0 Å². The van der Waals surface area contributed by atoms with Crippen LogP contribution in [0.2, 0.25) is 0 Å². The maximum Gasteiger partial charge on any atom is 0.416 e. The Hall–Kier alpha value is -2.29. The second kappa shape index (κ2) is 5.84. The topological polar surface area (TPSA) is 64.0 Å². The molecule has 1 aromatic heterocycles. The van der Waals surface area contributed by atoms with Crippen LogP contribution in [-0.2, 0) is 10.9 Å². The van der Waals surface area contributed by atoms with E-state index in [1.54, 1.807) is 0 Å². The van der Waals surface area contributed by atoms with Gasteiger partial charge < -0.3 is 9.64 Å². The molecule has 2 heterocycles. The Bertz CT molecular complexity index is 641.